The Morgan fingerprint density at radius 3 is 2.80 bits per heavy atom. The summed E-state index contributed by atoms with van der Waals surface area (Å²) in [5.41, 5.74) is -0.178. The fourth-order valence-electron chi connectivity index (χ4n) is 1.50. The largest absolute Gasteiger partial charge is 0.274 e. The van der Waals surface area contributed by atoms with Crippen LogP contribution in [-0.2, 0) is 0 Å². The van der Waals surface area contributed by atoms with Gasteiger partial charge in [-0.3, -0.25) is 4.79 Å². The first-order valence-electron chi connectivity index (χ1n) is 4.76. The van der Waals surface area contributed by atoms with Gasteiger partial charge < -0.3 is 0 Å². The van der Waals surface area contributed by atoms with Crippen molar-refractivity contribution in [2.45, 2.75) is 19.9 Å². The van der Waals surface area contributed by atoms with E-state index >= 15 is 0 Å². The van der Waals surface area contributed by atoms with Crippen LogP contribution < -0.4 is 5.56 Å². The van der Waals surface area contributed by atoms with Crippen LogP contribution in [0.15, 0.2) is 29.2 Å². The molecular formula is C11H11FN2O. The van der Waals surface area contributed by atoms with Crippen LogP contribution in [0.25, 0.3) is 10.8 Å². The quantitative estimate of drug-likeness (QED) is 0.716. The number of rotatable bonds is 1. The van der Waals surface area contributed by atoms with Crippen molar-refractivity contribution >= 4 is 10.8 Å². The Kier molecular flexibility index (Phi) is 2.26. The lowest BCUT2D eigenvalue weighted by Crippen LogP contribution is -2.24. The first-order valence-corrected chi connectivity index (χ1v) is 4.76. The highest BCUT2D eigenvalue weighted by Crippen LogP contribution is 2.11. The van der Waals surface area contributed by atoms with Crippen molar-refractivity contribution in [3.63, 3.8) is 0 Å². The molecule has 0 radical (unpaired) electrons. The monoisotopic (exact) mass is 206 g/mol. The Hall–Kier alpha value is -1.71. The molecule has 0 aliphatic rings. The number of nitrogens with zero attached hydrogens (tertiary/aromatic N) is 2. The molecule has 4 heteroatoms. The normalized spacial score (nSPS) is 11.2. The third kappa shape index (κ3) is 1.63. The van der Waals surface area contributed by atoms with Crippen LogP contribution in [0, 0.1) is 5.82 Å². The Bertz CT molecular complexity index is 560. The van der Waals surface area contributed by atoms with E-state index < -0.39 is 0 Å². The Morgan fingerprint density at radius 1 is 1.40 bits per heavy atom. The van der Waals surface area contributed by atoms with Crippen molar-refractivity contribution in [2.24, 2.45) is 0 Å². The van der Waals surface area contributed by atoms with Gasteiger partial charge in [0.25, 0.3) is 5.56 Å². The maximum absolute atomic E-state index is 12.9. The van der Waals surface area contributed by atoms with E-state index in [9.17, 15) is 9.18 Å². The number of halogens is 1. The predicted octanol–water partition coefficient (Wildman–Crippen LogP) is 2.12. The van der Waals surface area contributed by atoms with Crippen molar-refractivity contribution in [3.8, 4) is 0 Å². The Morgan fingerprint density at radius 2 is 2.13 bits per heavy atom. The summed E-state index contributed by atoms with van der Waals surface area (Å²) in [6, 6.07) is 4.10. The lowest BCUT2D eigenvalue weighted by Gasteiger charge is -2.08. The fraction of sp³-hybridized carbons (Fsp3) is 0.273. The molecular weight excluding hydrogens is 195 g/mol. The molecule has 0 spiro atoms. The van der Waals surface area contributed by atoms with Crippen LogP contribution >= 0.6 is 0 Å². The van der Waals surface area contributed by atoms with Gasteiger partial charge in [-0.15, -0.1) is 0 Å². The topological polar surface area (TPSA) is 34.9 Å². The van der Waals surface area contributed by atoms with E-state index in [-0.39, 0.29) is 17.4 Å². The maximum Gasteiger partial charge on any atom is 0.274 e. The van der Waals surface area contributed by atoms with Gasteiger partial charge in [0.15, 0.2) is 0 Å². The van der Waals surface area contributed by atoms with E-state index in [1.54, 1.807) is 0 Å². The van der Waals surface area contributed by atoms with E-state index in [1.165, 1.54) is 29.1 Å². The summed E-state index contributed by atoms with van der Waals surface area (Å²) in [6.45, 7) is 3.76. The molecule has 0 amide bonds. The highest BCUT2D eigenvalue weighted by Gasteiger charge is 2.06. The minimum absolute atomic E-state index is 0.00644. The summed E-state index contributed by atoms with van der Waals surface area (Å²) in [5, 5.41) is 5.02. The number of aromatic nitrogens is 2. The SMILES string of the molecule is CC(C)n1ncc2cc(F)ccc2c1=O. The third-order valence-corrected chi connectivity index (χ3v) is 2.26. The molecule has 0 aliphatic heterocycles. The van der Waals surface area contributed by atoms with Gasteiger partial charge in [0, 0.05) is 5.39 Å². The molecule has 78 valence electrons. The minimum atomic E-state index is -0.356. The van der Waals surface area contributed by atoms with E-state index in [1.807, 2.05) is 13.8 Å². The van der Waals surface area contributed by atoms with Gasteiger partial charge in [0.05, 0.1) is 17.6 Å². The number of hydrogen-bond donors (Lipinski definition) is 0. The highest BCUT2D eigenvalue weighted by atomic mass is 19.1. The van der Waals surface area contributed by atoms with Crippen LogP contribution in [-0.4, -0.2) is 9.78 Å². The van der Waals surface area contributed by atoms with E-state index in [0.717, 1.165) is 0 Å². The molecule has 3 nitrogen and oxygen atoms in total. The zero-order valence-corrected chi connectivity index (χ0v) is 8.57. The predicted molar refractivity (Wildman–Crippen MR) is 56.3 cm³/mol. The van der Waals surface area contributed by atoms with Crippen molar-refractivity contribution in [1.82, 2.24) is 9.78 Å². The third-order valence-electron chi connectivity index (χ3n) is 2.26. The van der Waals surface area contributed by atoms with E-state index in [4.69, 9.17) is 0 Å². The van der Waals surface area contributed by atoms with Gasteiger partial charge in [-0.1, -0.05) is 0 Å². The number of benzene rings is 1. The van der Waals surface area contributed by atoms with E-state index in [0.29, 0.717) is 10.8 Å². The summed E-state index contributed by atoms with van der Waals surface area (Å²) >= 11 is 0. The maximum atomic E-state index is 12.9. The van der Waals surface area contributed by atoms with Crippen LogP contribution in [0.1, 0.15) is 19.9 Å². The van der Waals surface area contributed by atoms with Gasteiger partial charge in [-0.05, 0) is 32.0 Å². The first kappa shape index (κ1) is 9.83. The number of fused-ring (bicyclic) bond motifs is 1. The highest BCUT2D eigenvalue weighted by molar-refractivity contribution is 5.80. The standard InChI is InChI=1S/C11H11FN2O/c1-7(2)14-11(15)10-4-3-9(12)5-8(10)6-13-14/h3-7H,1-2H3. The molecule has 1 heterocycles. The van der Waals surface area contributed by atoms with Crippen LogP contribution in [0.2, 0.25) is 0 Å². The molecule has 0 fully saturated rings. The molecule has 0 aliphatic carbocycles. The summed E-state index contributed by atoms with van der Waals surface area (Å²) in [5.74, 6) is -0.356. The van der Waals surface area contributed by atoms with Crippen LogP contribution in [0.5, 0.6) is 0 Å². The van der Waals surface area contributed by atoms with E-state index in [2.05, 4.69) is 5.10 Å². The number of hydrogen-bond acceptors (Lipinski definition) is 2. The summed E-state index contributed by atoms with van der Waals surface area (Å²) in [7, 11) is 0. The molecule has 0 bridgehead atoms. The molecule has 0 atom stereocenters. The summed E-state index contributed by atoms with van der Waals surface area (Å²) in [6.07, 6.45) is 1.51. The second-order valence-electron chi connectivity index (χ2n) is 3.72. The zero-order valence-electron chi connectivity index (χ0n) is 8.57. The first-order chi connectivity index (χ1) is 7.09. The van der Waals surface area contributed by atoms with Crippen LogP contribution in [0.4, 0.5) is 4.39 Å². The zero-order chi connectivity index (χ0) is 11.0. The molecule has 1 aromatic carbocycles. The van der Waals surface area contributed by atoms with Gasteiger partial charge in [-0.2, -0.15) is 5.10 Å². The smallest absolute Gasteiger partial charge is 0.267 e. The van der Waals surface area contributed by atoms with Crippen molar-refractivity contribution in [1.29, 1.82) is 0 Å². The van der Waals surface area contributed by atoms with Gasteiger partial charge in [0.1, 0.15) is 5.82 Å². The van der Waals surface area contributed by atoms with Gasteiger partial charge >= 0.3 is 0 Å². The van der Waals surface area contributed by atoms with Crippen LogP contribution in [0.3, 0.4) is 0 Å². The molecule has 0 saturated heterocycles. The molecule has 0 unspecified atom stereocenters. The van der Waals surface area contributed by atoms with Crippen molar-refractivity contribution in [2.75, 3.05) is 0 Å². The van der Waals surface area contributed by atoms with Gasteiger partial charge in [-0.25, -0.2) is 9.07 Å². The minimum Gasteiger partial charge on any atom is -0.267 e. The van der Waals surface area contributed by atoms with Gasteiger partial charge in [0.2, 0.25) is 0 Å². The second kappa shape index (κ2) is 3.46. The molecule has 2 rings (SSSR count). The lowest BCUT2D eigenvalue weighted by atomic mass is 10.2. The molecule has 2 aromatic rings. The second-order valence-corrected chi connectivity index (χ2v) is 3.72. The summed E-state index contributed by atoms with van der Waals surface area (Å²) in [4.78, 5) is 11.9. The molecule has 0 N–H and O–H groups in total. The Labute approximate surface area is 86.2 Å². The average molecular weight is 206 g/mol. The molecule has 0 saturated carbocycles. The van der Waals surface area contributed by atoms with Crippen molar-refractivity contribution < 1.29 is 4.39 Å². The fourth-order valence-corrected chi connectivity index (χ4v) is 1.50. The Balaban J connectivity index is 2.80. The molecule has 15 heavy (non-hydrogen) atoms. The van der Waals surface area contributed by atoms with Crippen molar-refractivity contribution in [3.05, 3.63) is 40.6 Å². The lowest BCUT2D eigenvalue weighted by molar-refractivity contribution is 0.507. The average Bonchev–Trinajstić information content (AvgIpc) is 2.17. The summed E-state index contributed by atoms with van der Waals surface area (Å²) < 4.78 is 14.3. The molecule has 1 aromatic heterocycles.